The van der Waals surface area contributed by atoms with E-state index in [1.165, 1.54) is 4.88 Å². The topological polar surface area (TPSA) is 46.3 Å². The molecule has 0 aliphatic carbocycles. The Morgan fingerprint density at radius 2 is 2.10 bits per heavy atom. The number of nitrogen functional groups attached to an aromatic ring is 1. The molecular formula is C16H20N2OS. The Morgan fingerprint density at radius 1 is 1.35 bits per heavy atom. The highest BCUT2D eigenvalue weighted by Crippen LogP contribution is 2.19. The van der Waals surface area contributed by atoms with Crippen molar-refractivity contribution in [1.82, 2.24) is 4.90 Å². The van der Waals surface area contributed by atoms with Crippen LogP contribution in [0.1, 0.15) is 34.6 Å². The average Bonchev–Trinajstić information content (AvgIpc) is 2.91. The van der Waals surface area contributed by atoms with Crippen LogP contribution in [0.3, 0.4) is 0 Å². The first-order valence-electron chi connectivity index (χ1n) is 6.68. The predicted molar refractivity (Wildman–Crippen MR) is 84.9 cm³/mol. The van der Waals surface area contributed by atoms with Crippen LogP contribution in [0.15, 0.2) is 35.7 Å². The molecule has 0 unspecified atom stereocenters. The molecule has 0 aliphatic rings. The van der Waals surface area contributed by atoms with Gasteiger partial charge in [-0.05, 0) is 56.0 Å². The van der Waals surface area contributed by atoms with Gasteiger partial charge in [0.15, 0.2) is 0 Å². The number of amides is 1. The van der Waals surface area contributed by atoms with Crippen LogP contribution in [-0.4, -0.2) is 16.8 Å². The van der Waals surface area contributed by atoms with Crippen molar-refractivity contribution in [1.29, 1.82) is 0 Å². The maximum absolute atomic E-state index is 12.7. The summed E-state index contributed by atoms with van der Waals surface area (Å²) in [6.07, 6.45) is 0. The molecule has 0 atom stereocenters. The van der Waals surface area contributed by atoms with Gasteiger partial charge in [-0.15, -0.1) is 11.3 Å². The fourth-order valence-corrected chi connectivity index (χ4v) is 2.74. The molecule has 2 rings (SSSR count). The van der Waals surface area contributed by atoms with E-state index in [1.54, 1.807) is 23.5 Å². The van der Waals surface area contributed by atoms with Gasteiger partial charge < -0.3 is 10.6 Å². The normalized spacial score (nSPS) is 10.8. The van der Waals surface area contributed by atoms with Crippen LogP contribution in [0.2, 0.25) is 0 Å². The van der Waals surface area contributed by atoms with Gasteiger partial charge >= 0.3 is 0 Å². The number of nitrogens with zero attached hydrogens (tertiary/aromatic N) is 1. The molecule has 20 heavy (non-hydrogen) atoms. The number of rotatable bonds is 4. The summed E-state index contributed by atoms with van der Waals surface area (Å²) in [5.74, 6) is 0.0523. The van der Waals surface area contributed by atoms with Crippen molar-refractivity contribution in [2.24, 2.45) is 0 Å². The minimum absolute atomic E-state index is 0.0523. The van der Waals surface area contributed by atoms with E-state index in [-0.39, 0.29) is 11.9 Å². The highest BCUT2D eigenvalue weighted by atomic mass is 32.1. The van der Waals surface area contributed by atoms with Gasteiger partial charge in [0.25, 0.3) is 5.91 Å². The molecule has 2 aromatic rings. The van der Waals surface area contributed by atoms with E-state index < -0.39 is 0 Å². The number of nitrogens with two attached hydrogens (primary N) is 1. The SMILES string of the molecule is Cc1cc(C(=O)N(Cc2cccs2)C(C)C)ccc1N. The lowest BCUT2D eigenvalue weighted by molar-refractivity contribution is 0.0692. The van der Waals surface area contributed by atoms with Gasteiger partial charge in [0.2, 0.25) is 0 Å². The van der Waals surface area contributed by atoms with Crippen molar-refractivity contribution in [2.45, 2.75) is 33.4 Å². The third-order valence-corrected chi connectivity index (χ3v) is 4.17. The molecule has 2 N–H and O–H groups in total. The maximum Gasteiger partial charge on any atom is 0.254 e. The van der Waals surface area contributed by atoms with E-state index in [1.807, 2.05) is 43.2 Å². The second-order valence-electron chi connectivity index (χ2n) is 5.18. The molecule has 106 valence electrons. The number of benzene rings is 1. The van der Waals surface area contributed by atoms with Crippen LogP contribution >= 0.6 is 11.3 Å². The molecule has 0 saturated heterocycles. The molecular weight excluding hydrogens is 268 g/mol. The van der Waals surface area contributed by atoms with Gasteiger partial charge in [0.1, 0.15) is 0 Å². The maximum atomic E-state index is 12.7. The number of carbonyl (C=O) groups excluding carboxylic acids is 1. The summed E-state index contributed by atoms with van der Waals surface area (Å²) in [7, 11) is 0. The van der Waals surface area contributed by atoms with Crippen LogP contribution < -0.4 is 5.73 Å². The first-order valence-corrected chi connectivity index (χ1v) is 7.56. The van der Waals surface area contributed by atoms with Crippen LogP contribution in [0, 0.1) is 6.92 Å². The third kappa shape index (κ3) is 3.20. The van der Waals surface area contributed by atoms with E-state index >= 15 is 0 Å². The molecule has 1 aromatic heterocycles. The minimum atomic E-state index is 0.0523. The standard InChI is InChI=1S/C16H20N2OS/c1-11(2)18(10-14-5-4-8-20-14)16(19)13-6-7-15(17)12(3)9-13/h4-9,11H,10,17H2,1-3H3. The number of thiophene rings is 1. The second-order valence-corrected chi connectivity index (χ2v) is 6.21. The van der Waals surface area contributed by atoms with Gasteiger partial charge in [-0.3, -0.25) is 4.79 Å². The summed E-state index contributed by atoms with van der Waals surface area (Å²) in [6, 6.07) is 9.68. The highest BCUT2D eigenvalue weighted by molar-refractivity contribution is 7.09. The van der Waals surface area contributed by atoms with Gasteiger partial charge in [0.05, 0.1) is 6.54 Å². The molecule has 0 radical (unpaired) electrons. The van der Waals surface area contributed by atoms with Crippen LogP contribution in [0.5, 0.6) is 0 Å². The Hall–Kier alpha value is -1.81. The zero-order valence-corrected chi connectivity index (χ0v) is 12.9. The van der Waals surface area contributed by atoms with Crippen molar-refractivity contribution in [2.75, 3.05) is 5.73 Å². The predicted octanol–water partition coefficient (Wildman–Crippen LogP) is 3.69. The van der Waals surface area contributed by atoms with E-state index in [0.29, 0.717) is 12.1 Å². The van der Waals surface area contributed by atoms with Crippen molar-refractivity contribution in [3.63, 3.8) is 0 Å². The largest absolute Gasteiger partial charge is 0.399 e. The summed E-state index contributed by atoms with van der Waals surface area (Å²) in [5, 5.41) is 2.03. The summed E-state index contributed by atoms with van der Waals surface area (Å²) in [4.78, 5) is 15.7. The zero-order chi connectivity index (χ0) is 14.7. The molecule has 1 heterocycles. The quantitative estimate of drug-likeness (QED) is 0.872. The monoisotopic (exact) mass is 288 g/mol. The minimum Gasteiger partial charge on any atom is -0.399 e. The molecule has 0 spiro atoms. The van der Waals surface area contributed by atoms with Crippen molar-refractivity contribution < 1.29 is 4.79 Å². The fourth-order valence-electron chi connectivity index (χ4n) is 2.03. The van der Waals surface area contributed by atoms with Crippen molar-refractivity contribution in [3.05, 3.63) is 51.7 Å². The lowest BCUT2D eigenvalue weighted by Crippen LogP contribution is -2.36. The summed E-state index contributed by atoms with van der Waals surface area (Å²) >= 11 is 1.67. The van der Waals surface area contributed by atoms with Gasteiger partial charge in [-0.1, -0.05) is 6.07 Å². The molecule has 1 aromatic carbocycles. The lowest BCUT2D eigenvalue weighted by Gasteiger charge is -2.26. The Kier molecular flexibility index (Phi) is 4.45. The number of carbonyl (C=O) groups is 1. The number of hydrogen-bond donors (Lipinski definition) is 1. The van der Waals surface area contributed by atoms with E-state index in [2.05, 4.69) is 6.07 Å². The Morgan fingerprint density at radius 3 is 2.65 bits per heavy atom. The number of anilines is 1. The summed E-state index contributed by atoms with van der Waals surface area (Å²) in [5.41, 5.74) is 8.17. The number of aryl methyl sites for hydroxylation is 1. The molecule has 4 heteroatoms. The second kappa shape index (κ2) is 6.09. The van der Waals surface area contributed by atoms with Crippen molar-refractivity contribution in [3.8, 4) is 0 Å². The fraction of sp³-hybridized carbons (Fsp3) is 0.312. The third-order valence-electron chi connectivity index (χ3n) is 3.31. The highest BCUT2D eigenvalue weighted by Gasteiger charge is 2.19. The smallest absolute Gasteiger partial charge is 0.254 e. The van der Waals surface area contributed by atoms with Crippen molar-refractivity contribution >= 4 is 22.9 Å². The van der Waals surface area contributed by atoms with E-state index in [9.17, 15) is 4.79 Å². The van der Waals surface area contributed by atoms with Gasteiger partial charge in [-0.25, -0.2) is 0 Å². The first-order chi connectivity index (χ1) is 9.49. The first kappa shape index (κ1) is 14.6. The molecule has 0 fully saturated rings. The Labute approximate surface area is 124 Å². The summed E-state index contributed by atoms with van der Waals surface area (Å²) < 4.78 is 0. The molecule has 0 aliphatic heterocycles. The molecule has 0 bridgehead atoms. The van der Waals surface area contributed by atoms with Crippen LogP contribution in [-0.2, 0) is 6.54 Å². The number of hydrogen-bond acceptors (Lipinski definition) is 3. The lowest BCUT2D eigenvalue weighted by atomic mass is 10.1. The average molecular weight is 288 g/mol. The summed E-state index contributed by atoms with van der Waals surface area (Å²) in [6.45, 7) is 6.65. The van der Waals surface area contributed by atoms with E-state index in [4.69, 9.17) is 5.73 Å². The Balaban J connectivity index is 2.24. The molecule has 1 amide bonds. The van der Waals surface area contributed by atoms with Gasteiger partial charge in [-0.2, -0.15) is 0 Å². The van der Waals surface area contributed by atoms with E-state index in [0.717, 1.165) is 11.3 Å². The van der Waals surface area contributed by atoms with Gasteiger partial charge in [0, 0.05) is 22.2 Å². The van der Waals surface area contributed by atoms with Crippen LogP contribution in [0.25, 0.3) is 0 Å². The Bertz CT molecular complexity index is 591. The zero-order valence-electron chi connectivity index (χ0n) is 12.1. The molecule has 3 nitrogen and oxygen atoms in total. The molecule has 0 saturated carbocycles. The van der Waals surface area contributed by atoms with Crippen LogP contribution in [0.4, 0.5) is 5.69 Å².